The molecule has 1 aliphatic rings. The summed E-state index contributed by atoms with van der Waals surface area (Å²) in [4.78, 5) is 15.6. The third-order valence-electron chi connectivity index (χ3n) is 4.48. The number of likely N-dealkylation sites (tertiary alicyclic amines) is 1. The lowest BCUT2D eigenvalue weighted by molar-refractivity contribution is 0.104. The maximum Gasteiger partial charge on any atom is 0.185 e. The standard InChI is InChI=1S/C22H25NO2S3/c24-21(12-11-20-6-4-16-27-20)18-7-9-19(10-8-18)25-15-5-17-28-22(26)23-13-2-1-3-14-23/h4,6-12,16H,1-3,5,13-15,17H2/b12-11+. The molecule has 6 heteroatoms. The van der Waals surface area contributed by atoms with Gasteiger partial charge < -0.3 is 9.64 Å². The number of carbonyl (C=O) groups excluding carboxylic acids is 1. The Bertz CT molecular complexity index is 779. The van der Waals surface area contributed by atoms with E-state index >= 15 is 0 Å². The minimum atomic E-state index is 0.00238. The zero-order valence-corrected chi connectivity index (χ0v) is 18.3. The second-order valence-corrected chi connectivity index (χ2v) is 9.31. The number of rotatable bonds is 8. The van der Waals surface area contributed by atoms with Crippen molar-refractivity contribution < 1.29 is 9.53 Å². The van der Waals surface area contributed by atoms with Gasteiger partial charge in [0, 0.05) is 29.3 Å². The minimum Gasteiger partial charge on any atom is -0.494 e. The monoisotopic (exact) mass is 431 g/mol. The van der Waals surface area contributed by atoms with Crippen LogP contribution in [0, 0.1) is 0 Å². The van der Waals surface area contributed by atoms with Crippen LogP contribution < -0.4 is 4.74 Å². The summed E-state index contributed by atoms with van der Waals surface area (Å²) in [7, 11) is 0. The molecule has 0 unspecified atom stereocenters. The van der Waals surface area contributed by atoms with Gasteiger partial charge in [-0.2, -0.15) is 0 Å². The Morgan fingerprint density at radius 2 is 1.96 bits per heavy atom. The molecule has 1 aliphatic heterocycles. The van der Waals surface area contributed by atoms with Crippen LogP contribution in [0.4, 0.5) is 0 Å². The normalized spacial score (nSPS) is 14.4. The molecule has 1 fully saturated rings. The number of ether oxygens (including phenoxy) is 1. The van der Waals surface area contributed by atoms with Gasteiger partial charge in [-0.05, 0) is 73.5 Å². The van der Waals surface area contributed by atoms with Crippen LogP contribution in [0.5, 0.6) is 5.75 Å². The number of carbonyl (C=O) groups is 1. The smallest absolute Gasteiger partial charge is 0.185 e. The molecular weight excluding hydrogens is 406 g/mol. The van der Waals surface area contributed by atoms with Gasteiger partial charge in [-0.25, -0.2) is 0 Å². The van der Waals surface area contributed by atoms with E-state index < -0.39 is 0 Å². The Hall–Kier alpha value is -1.63. The lowest BCUT2D eigenvalue weighted by atomic mass is 10.1. The van der Waals surface area contributed by atoms with Crippen LogP contribution in [0.15, 0.2) is 47.9 Å². The van der Waals surface area contributed by atoms with Crippen molar-refractivity contribution in [3.8, 4) is 5.75 Å². The lowest BCUT2D eigenvalue weighted by Gasteiger charge is -2.28. The molecule has 0 atom stereocenters. The molecule has 1 aromatic heterocycles. The molecule has 0 bridgehead atoms. The van der Waals surface area contributed by atoms with Crippen LogP contribution >= 0.6 is 35.3 Å². The maximum atomic E-state index is 12.2. The molecule has 3 rings (SSSR count). The van der Waals surface area contributed by atoms with E-state index in [1.165, 1.54) is 19.3 Å². The number of piperidine rings is 1. The van der Waals surface area contributed by atoms with Crippen molar-refractivity contribution in [1.82, 2.24) is 4.90 Å². The Labute approximate surface area is 180 Å². The molecule has 1 aromatic carbocycles. The number of thiophene rings is 1. The third kappa shape index (κ3) is 6.76. The predicted octanol–water partition coefficient (Wildman–Crippen LogP) is 5.92. The molecule has 0 saturated carbocycles. The van der Waals surface area contributed by atoms with Crippen molar-refractivity contribution in [3.05, 3.63) is 58.3 Å². The van der Waals surface area contributed by atoms with Gasteiger partial charge in [-0.3, -0.25) is 4.79 Å². The summed E-state index contributed by atoms with van der Waals surface area (Å²) in [6.45, 7) is 2.87. The summed E-state index contributed by atoms with van der Waals surface area (Å²) in [5.74, 6) is 1.77. The van der Waals surface area contributed by atoms with E-state index in [0.717, 1.165) is 40.2 Å². The lowest BCUT2D eigenvalue weighted by Crippen LogP contribution is -2.32. The number of ketones is 1. The van der Waals surface area contributed by atoms with Gasteiger partial charge in [0.05, 0.1) is 6.61 Å². The molecule has 0 N–H and O–H groups in total. The summed E-state index contributed by atoms with van der Waals surface area (Å²) >= 11 is 8.88. The SMILES string of the molecule is O=C(/C=C/c1cccs1)c1ccc(OCCCSC(=S)N2CCCCC2)cc1. The fraction of sp³-hybridized carbons (Fsp3) is 0.364. The highest BCUT2D eigenvalue weighted by molar-refractivity contribution is 8.22. The van der Waals surface area contributed by atoms with Crippen LogP contribution in [0.25, 0.3) is 6.08 Å². The first-order chi connectivity index (χ1) is 13.7. The van der Waals surface area contributed by atoms with Gasteiger partial charge in [0.2, 0.25) is 0 Å². The van der Waals surface area contributed by atoms with Crippen LogP contribution in [-0.4, -0.2) is 40.5 Å². The number of hydrogen-bond donors (Lipinski definition) is 0. The molecule has 28 heavy (non-hydrogen) atoms. The first kappa shape index (κ1) is 21.1. The summed E-state index contributed by atoms with van der Waals surface area (Å²) in [5.41, 5.74) is 0.669. The summed E-state index contributed by atoms with van der Waals surface area (Å²) in [5, 5.41) is 2.00. The Kier molecular flexibility index (Phi) is 8.58. The molecule has 1 saturated heterocycles. The molecule has 0 spiro atoms. The zero-order valence-electron chi connectivity index (χ0n) is 15.8. The average molecular weight is 432 g/mol. The van der Waals surface area contributed by atoms with Crippen LogP contribution in [0.2, 0.25) is 0 Å². The van der Waals surface area contributed by atoms with Crippen LogP contribution in [-0.2, 0) is 0 Å². The van der Waals surface area contributed by atoms with Gasteiger partial charge in [-0.1, -0.05) is 30.0 Å². The molecule has 2 aromatic rings. The van der Waals surface area contributed by atoms with Crippen molar-refractivity contribution >= 4 is 51.5 Å². The summed E-state index contributed by atoms with van der Waals surface area (Å²) in [6.07, 6.45) is 8.25. The summed E-state index contributed by atoms with van der Waals surface area (Å²) < 4.78 is 6.82. The van der Waals surface area contributed by atoms with Gasteiger partial charge in [-0.15, -0.1) is 11.3 Å². The van der Waals surface area contributed by atoms with E-state index in [1.807, 2.05) is 47.9 Å². The molecule has 0 aliphatic carbocycles. The van der Waals surface area contributed by atoms with Crippen molar-refractivity contribution in [2.24, 2.45) is 0 Å². The topological polar surface area (TPSA) is 29.5 Å². The zero-order chi connectivity index (χ0) is 19.6. The van der Waals surface area contributed by atoms with Crippen molar-refractivity contribution in [1.29, 1.82) is 0 Å². The van der Waals surface area contributed by atoms with E-state index in [0.29, 0.717) is 12.2 Å². The van der Waals surface area contributed by atoms with Gasteiger partial charge in [0.1, 0.15) is 10.1 Å². The first-order valence-electron chi connectivity index (χ1n) is 9.63. The van der Waals surface area contributed by atoms with Gasteiger partial charge in [0.25, 0.3) is 0 Å². The Morgan fingerprint density at radius 3 is 2.68 bits per heavy atom. The average Bonchev–Trinajstić information content (AvgIpc) is 3.26. The van der Waals surface area contributed by atoms with Crippen LogP contribution in [0.3, 0.4) is 0 Å². The van der Waals surface area contributed by atoms with Crippen molar-refractivity contribution in [2.45, 2.75) is 25.7 Å². The van der Waals surface area contributed by atoms with E-state index in [4.69, 9.17) is 17.0 Å². The number of thiocarbonyl (C=S) groups is 1. The predicted molar refractivity (Wildman–Crippen MR) is 125 cm³/mol. The van der Waals surface area contributed by atoms with Gasteiger partial charge in [0.15, 0.2) is 5.78 Å². The fourth-order valence-corrected chi connectivity index (χ4v) is 4.78. The van der Waals surface area contributed by atoms with E-state index in [2.05, 4.69) is 4.90 Å². The molecule has 0 radical (unpaired) electrons. The molecular formula is C22H25NO2S3. The number of thioether (sulfide) groups is 1. The van der Waals surface area contributed by atoms with E-state index in [1.54, 1.807) is 29.2 Å². The molecule has 3 nitrogen and oxygen atoms in total. The van der Waals surface area contributed by atoms with Crippen LogP contribution in [0.1, 0.15) is 40.9 Å². The van der Waals surface area contributed by atoms with E-state index in [-0.39, 0.29) is 5.78 Å². The summed E-state index contributed by atoms with van der Waals surface area (Å²) in [6, 6.07) is 11.3. The largest absolute Gasteiger partial charge is 0.494 e. The van der Waals surface area contributed by atoms with Crippen molar-refractivity contribution in [2.75, 3.05) is 25.4 Å². The molecule has 148 valence electrons. The maximum absolute atomic E-state index is 12.2. The van der Waals surface area contributed by atoms with Crippen molar-refractivity contribution in [3.63, 3.8) is 0 Å². The Balaban J connectivity index is 1.35. The fourth-order valence-electron chi connectivity index (χ4n) is 2.93. The Morgan fingerprint density at radius 1 is 1.18 bits per heavy atom. The number of benzene rings is 1. The highest BCUT2D eigenvalue weighted by Crippen LogP contribution is 2.18. The first-order valence-corrected chi connectivity index (χ1v) is 11.9. The second kappa shape index (κ2) is 11.4. The second-order valence-electron chi connectivity index (χ2n) is 6.60. The van der Waals surface area contributed by atoms with E-state index in [9.17, 15) is 4.79 Å². The highest BCUT2D eigenvalue weighted by Gasteiger charge is 2.13. The quantitative estimate of drug-likeness (QED) is 0.224. The number of nitrogens with zero attached hydrogens (tertiary/aromatic N) is 1. The molecule has 0 amide bonds. The highest BCUT2D eigenvalue weighted by atomic mass is 32.2. The number of allylic oxidation sites excluding steroid dienone is 1. The minimum absolute atomic E-state index is 0.00238. The third-order valence-corrected chi connectivity index (χ3v) is 6.93. The number of hydrogen-bond acceptors (Lipinski definition) is 5. The van der Waals surface area contributed by atoms with Gasteiger partial charge >= 0.3 is 0 Å². The molecule has 2 heterocycles.